The van der Waals surface area contributed by atoms with E-state index in [9.17, 15) is 13.6 Å². The summed E-state index contributed by atoms with van der Waals surface area (Å²) >= 11 is 5.67. The van der Waals surface area contributed by atoms with E-state index in [2.05, 4.69) is 4.98 Å². The second kappa shape index (κ2) is 4.43. The maximum Gasteiger partial charge on any atom is 0.280 e. The summed E-state index contributed by atoms with van der Waals surface area (Å²) in [6.45, 7) is -0.0831. The minimum atomic E-state index is -2.74. The van der Waals surface area contributed by atoms with Gasteiger partial charge in [0.25, 0.3) is 6.43 Å². The van der Waals surface area contributed by atoms with Crippen molar-refractivity contribution in [3.8, 4) is 0 Å². The summed E-state index contributed by atoms with van der Waals surface area (Å²) in [5.74, 6) is 0. The minimum absolute atomic E-state index is 0.0163. The predicted molar refractivity (Wildman–Crippen MR) is 47.5 cm³/mol. The Labute approximate surface area is 83.9 Å². The van der Waals surface area contributed by atoms with Gasteiger partial charge in [-0.05, 0) is 6.07 Å². The molecule has 0 bridgehead atoms. The molecule has 0 aliphatic carbocycles. The van der Waals surface area contributed by atoms with E-state index in [4.69, 9.17) is 17.3 Å². The molecule has 6 heteroatoms. The standard InChI is InChI=1S/C8H7ClF2N2O/c9-7-4(3-14)1-5(8(10)11)13-6(7)2-12/h1,3,8H,2,12H2. The summed E-state index contributed by atoms with van der Waals surface area (Å²) < 4.78 is 24.5. The molecule has 0 spiro atoms. The van der Waals surface area contributed by atoms with Crippen LogP contribution in [-0.4, -0.2) is 11.3 Å². The highest BCUT2D eigenvalue weighted by atomic mass is 35.5. The second-order valence-corrected chi connectivity index (χ2v) is 2.90. The summed E-state index contributed by atoms with van der Waals surface area (Å²) in [5.41, 5.74) is 4.83. The molecule has 3 nitrogen and oxygen atoms in total. The smallest absolute Gasteiger partial charge is 0.280 e. The van der Waals surface area contributed by atoms with Gasteiger partial charge in [-0.3, -0.25) is 4.79 Å². The van der Waals surface area contributed by atoms with E-state index in [1.807, 2.05) is 0 Å². The molecule has 1 heterocycles. The van der Waals surface area contributed by atoms with Gasteiger partial charge in [0, 0.05) is 12.1 Å². The lowest BCUT2D eigenvalue weighted by atomic mass is 10.2. The number of alkyl halides is 2. The van der Waals surface area contributed by atoms with Crippen molar-refractivity contribution >= 4 is 17.9 Å². The Hall–Kier alpha value is -1.07. The molecule has 0 aliphatic heterocycles. The van der Waals surface area contributed by atoms with Crippen LogP contribution in [0.1, 0.15) is 28.2 Å². The Morgan fingerprint density at radius 1 is 1.64 bits per heavy atom. The highest BCUT2D eigenvalue weighted by molar-refractivity contribution is 6.33. The fourth-order valence-corrected chi connectivity index (χ4v) is 1.18. The molecule has 0 saturated carbocycles. The minimum Gasteiger partial charge on any atom is -0.325 e. The van der Waals surface area contributed by atoms with Crippen molar-refractivity contribution in [1.29, 1.82) is 0 Å². The zero-order valence-electron chi connectivity index (χ0n) is 7.01. The number of carbonyl (C=O) groups is 1. The van der Waals surface area contributed by atoms with Crippen LogP contribution in [0.3, 0.4) is 0 Å². The van der Waals surface area contributed by atoms with Crippen molar-refractivity contribution in [2.45, 2.75) is 13.0 Å². The van der Waals surface area contributed by atoms with Crippen LogP contribution < -0.4 is 5.73 Å². The van der Waals surface area contributed by atoms with E-state index >= 15 is 0 Å². The Balaban J connectivity index is 3.31. The summed E-state index contributed by atoms with van der Waals surface area (Å²) in [4.78, 5) is 14.0. The average molecular weight is 221 g/mol. The van der Waals surface area contributed by atoms with Crippen molar-refractivity contribution < 1.29 is 13.6 Å². The van der Waals surface area contributed by atoms with Gasteiger partial charge in [-0.2, -0.15) is 0 Å². The lowest BCUT2D eigenvalue weighted by molar-refractivity contribution is 0.112. The number of rotatable bonds is 3. The van der Waals surface area contributed by atoms with E-state index in [1.165, 1.54) is 0 Å². The normalized spacial score (nSPS) is 10.6. The number of nitrogens with zero attached hydrogens (tertiary/aromatic N) is 1. The van der Waals surface area contributed by atoms with Gasteiger partial charge in [-0.25, -0.2) is 13.8 Å². The van der Waals surface area contributed by atoms with E-state index in [-0.39, 0.29) is 22.8 Å². The Bertz CT molecular complexity index is 357. The van der Waals surface area contributed by atoms with Gasteiger partial charge in [0.2, 0.25) is 0 Å². The molecule has 2 N–H and O–H groups in total. The van der Waals surface area contributed by atoms with Crippen molar-refractivity contribution in [1.82, 2.24) is 4.98 Å². The predicted octanol–water partition coefficient (Wildman–Crippen LogP) is 1.94. The molecule has 0 fully saturated rings. The van der Waals surface area contributed by atoms with Crippen LogP contribution in [0.5, 0.6) is 0 Å². The largest absolute Gasteiger partial charge is 0.325 e. The first kappa shape index (κ1) is 11.0. The third-order valence-corrected chi connectivity index (χ3v) is 2.05. The first-order chi connectivity index (χ1) is 6.60. The molecule has 1 rings (SSSR count). The van der Waals surface area contributed by atoms with Crippen LogP contribution in [0.15, 0.2) is 6.07 Å². The third kappa shape index (κ3) is 2.05. The molecule has 0 atom stereocenters. The van der Waals surface area contributed by atoms with Crippen LogP contribution >= 0.6 is 11.6 Å². The van der Waals surface area contributed by atoms with Gasteiger partial charge >= 0.3 is 0 Å². The molecule has 1 aromatic rings. The summed E-state index contributed by atoms with van der Waals surface area (Å²) in [6.07, 6.45) is -2.34. The highest BCUT2D eigenvalue weighted by Gasteiger charge is 2.15. The maximum absolute atomic E-state index is 12.3. The van der Waals surface area contributed by atoms with Crippen LogP contribution in [0.4, 0.5) is 8.78 Å². The van der Waals surface area contributed by atoms with Crippen molar-refractivity contribution in [3.05, 3.63) is 28.0 Å². The molecular formula is C8H7ClF2N2O. The number of pyridine rings is 1. The SMILES string of the molecule is NCc1nc(C(F)F)cc(C=O)c1Cl. The van der Waals surface area contributed by atoms with Gasteiger partial charge in [0.05, 0.1) is 10.7 Å². The Morgan fingerprint density at radius 2 is 2.29 bits per heavy atom. The van der Waals surface area contributed by atoms with Crippen LogP contribution in [-0.2, 0) is 6.54 Å². The van der Waals surface area contributed by atoms with Crippen LogP contribution in [0, 0.1) is 0 Å². The summed E-state index contributed by atoms with van der Waals surface area (Å²) in [7, 11) is 0. The fraction of sp³-hybridized carbons (Fsp3) is 0.250. The molecule has 0 radical (unpaired) electrons. The topological polar surface area (TPSA) is 56.0 Å². The van der Waals surface area contributed by atoms with Crippen LogP contribution in [0.25, 0.3) is 0 Å². The van der Waals surface area contributed by atoms with Gasteiger partial charge < -0.3 is 5.73 Å². The van der Waals surface area contributed by atoms with E-state index in [1.54, 1.807) is 0 Å². The van der Waals surface area contributed by atoms with Crippen molar-refractivity contribution in [2.75, 3.05) is 0 Å². The number of carbonyl (C=O) groups excluding carboxylic acids is 1. The Morgan fingerprint density at radius 3 is 2.71 bits per heavy atom. The highest BCUT2D eigenvalue weighted by Crippen LogP contribution is 2.24. The zero-order valence-corrected chi connectivity index (χ0v) is 7.76. The maximum atomic E-state index is 12.3. The van der Waals surface area contributed by atoms with Gasteiger partial charge in [0.1, 0.15) is 5.69 Å². The molecule has 0 saturated heterocycles. The third-order valence-electron chi connectivity index (χ3n) is 1.62. The zero-order chi connectivity index (χ0) is 10.7. The summed E-state index contributed by atoms with van der Waals surface area (Å²) in [5, 5.41) is 0.0342. The van der Waals surface area contributed by atoms with E-state index in [0.29, 0.717) is 6.29 Å². The number of nitrogens with two attached hydrogens (primary N) is 1. The molecule has 0 unspecified atom stereocenters. The van der Waals surface area contributed by atoms with Gasteiger partial charge in [-0.15, -0.1) is 0 Å². The van der Waals surface area contributed by atoms with Crippen LogP contribution in [0.2, 0.25) is 5.02 Å². The monoisotopic (exact) mass is 220 g/mol. The number of aromatic nitrogens is 1. The Kier molecular flexibility index (Phi) is 3.49. The molecule has 0 aromatic carbocycles. The molecule has 0 amide bonds. The quantitative estimate of drug-likeness (QED) is 0.792. The molecule has 76 valence electrons. The molecule has 1 aromatic heterocycles. The van der Waals surface area contributed by atoms with E-state index < -0.39 is 12.1 Å². The van der Waals surface area contributed by atoms with E-state index in [0.717, 1.165) is 6.07 Å². The lowest BCUT2D eigenvalue weighted by Gasteiger charge is -2.06. The molecule has 14 heavy (non-hydrogen) atoms. The molecule has 0 aliphatic rings. The molecular weight excluding hydrogens is 214 g/mol. The first-order valence-corrected chi connectivity index (χ1v) is 4.10. The number of aldehydes is 1. The second-order valence-electron chi connectivity index (χ2n) is 2.52. The fourth-order valence-electron chi connectivity index (χ4n) is 0.959. The van der Waals surface area contributed by atoms with Gasteiger partial charge in [-0.1, -0.05) is 11.6 Å². The summed E-state index contributed by atoms with van der Waals surface area (Å²) in [6, 6.07) is 0.958. The van der Waals surface area contributed by atoms with Crippen molar-refractivity contribution in [3.63, 3.8) is 0 Å². The average Bonchev–Trinajstić information content (AvgIpc) is 2.17. The van der Waals surface area contributed by atoms with Gasteiger partial charge in [0.15, 0.2) is 6.29 Å². The number of halogens is 3. The lowest BCUT2D eigenvalue weighted by Crippen LogP contribution is -2.06. The van der Waals surface area contributed by atoms with Crippen molar-refractivity contribution in [2.24, 2.45) is 5.73 Å². The number of hydrogen-bond acceptors (Lipinski definition) is 3. The number of hydrogen-bond donors (Lipinski definition) is 1. The first-order valence-electron chi connectivity index (χ1n) is 3.72.